The molecule has 0 heterocycles. The first-order valence-electron chi connectivity index (χ1n) is 6.06. The fraction of sp³-hybridized carbons (Fsp3) is 0.118. The summed E-state index contributed by atoms with van der Waals surface area (Å²) >= 11 is 0. The van der Waals surface area contributed by atoms with Crippen LogP contribution in [0.2, 0.25) is 0 Å². The summed E-state index contributed by atoms with van der Waals surface area (Å²) in [6, 6.07) is 17.8. The second-order valence-electron chi connectivity index (χ2n) is 4.31. The summed E-state index contributed by atoms with van der Waals surface area (Å²) in [6.45, 7) is 2.04. The van der Waals surface area contributed by atoms with Gasteiger partial charge in [0.15, 0.2) is 0 Å². The van der Waals surface area contributed by atoms with Gasteiger partial charge in [-0.15, -0.1) is 0 Å². The van der Waals surface area contributed by atoms with Gasteiger partial charge in [-0.2, -0.15) is 5.26 Å². The lowest BCUT2D eigenvalue weighted by molar-refractivity contribution is 0.415. The predicted molar refractivity (Wildman–Crippen MR) is 77.7 cm³/mol. The normalized spacial score (nSPS) is 10.9. The maximum atomic E-state index is 9.27. The average molecular weight is 249 g/mol. The molecule has 2 aromatic carbocycles. The summed E-state index contributed by atoms with van der Waals surface area (Å²) in [4.78, 5) is 0. The largest absolute Gasteiger partial charge is 0.497 e. The smallest absolute Gasteiger partial charge is 0.118 e. The molecule has 0 fully saturated rings. The van der Waals surface area contributed by atoms with E-state index in [4.69, 9.17) is 4.74 Å². The summed E-state index contributed by atoms with van der Waals surface area (Å²) in [6.07, 6.45) is 1.89. The van der Waals surface area contributed by atoms with Crippen LogP contribution >= 0.6 is 0 Å². The lowest BCUT2D eigenvalue weighted by atomic mass is 10.0. The highest BCUT2D eigenvalue weighted by atomic mass is 16.5. The van der Waals surface area contributed by atoms with Crippen molar-refractivity contribution in [2.24, 2.45) is 0 Å². The maximum absolute atomic E-state index is 9.27. The van der Waals surface area contributed by atoms with Crippen LogP contribution in [-0.2, 0) is 0 Å². The first-order chi connectivity index (χ1) is 9.22. The highest BCUT2D eigenvalue weighted by molar-refractivity contribution is 5.89. The molecule has 2 aromatic rings. The number of nitriles is 1. The Bertz CT molecular complexity index is 616. The van der Waals surface area contributed by atoms with Gasteiger partial charge in [0.1, 0.15) is 5.75 Å². The van der Waals surface area contributed by atoms with Crippen LogP contribution in [0.3, 0.4) is 0 Å². The average Bonchev–Trinajstić information content (AvgIpc) is 2.47. The molecule has 0 atom stereocenters. The fourth-order valence-electron chi connectivity index (χ4n) is 1.78. The zero-order chi connectivity index (χ0) is 13.7. The van der Waals surface area contributed by atoms with Gasteiger partial charge < -0.3 is 4.74 Å². The number of rotatable bonds is 3. The molecule has 0 saturated heterocycles. The van der Waals surface area contributed by atoms with Crippen molar-refractivity contribution in [2.45, 2.75) is 6.92 Å². The van der Waals surface area contributed by atoms with Crippen molar-refractivity contribution in [1.29, 1.82) is 5.26 Å². The van der Waals surface area contributed by atoms with Gasteiger partial charge in [-0.1, -0.05) is 29.8 Å². The Morgan fingerprint density at radius 3 is 2.21 bits per heavy atom. The third-order valence-electron chi connectivity index (χ3n) is 2.91. The van der Waals surface area contributed by atoms with Crippen molar-refractivity contribution >= 4 is 11.6 Å². The Hall–Kier alpha value is -2.53. The van der Waals surface area contributed by atoms with Gasteiger partial charge in [0.2, 0.25) is 0 Å². The first-order valence-corrected chi connectivity index (χ1v) is 6.06. The molecule has 0 bridgehead atoms. The Morgan fingerprint density at radius 2 is 1.68 bits per heavy atom. The monoisotopic (exact) mass is 249 g/mol. The number of nitrogens with zero attached hydrogens (tertiary/aromatic N) is 1. The molecule has 0 aliphatic heterocycles. The van der Waals surface area contributed by atoms with Crippen molar-refractivity contribution in [3.8, 4) is 11.8 Å². The molecule has 0 radical (unpaired) electrons. The highest BCUT2D eigenvalue weighted by Crippen LogP contribution is 2.20. The standard InChI is InChI=1S/C17H15NO/c1-13-3-5-14(6-4-13)11-16(12-18)15-7-9-17(19-2)10-8-15/h3-11H,1-2H3. The molecule has 0 saturated carbocycles. The lowest BCUT2D eigenvalue weighted by Crippen LogP contribution is -1.85. The number of hydrogen-bond acceptors (Lipinski definition) is 2. The molecular weight excluding hydrogens is 234 g/mol. The summed E-state index contributed by atoms with van der Waals surface area (Å²) in [7, 11) is 1.63. The van der Waals surface area contributed by atoms with E-state index in [0.717, 1.165) is 16.9 Å². The minimum atomic E-state index is 0.645. The van der Waals surface area contributed by atoms with E-state index in [1.54, 1.807) is 7.11 Å². The molecule has 0 aliphatic carbocycles. The van der Waals surface area contributed by atoms with E-state index in [1.807, 2.05) is 61.5 Å². The van der Waals surface area contributed by atoms with Crippen LogP contribution in [0, 0.1) is 18.3 Å². The van der Waals surface area contributed by atoms with E-state index in [-0.39, 0.29) is 0 Å². The summed E-state index contributed by atoms with van der Waals surface area (Å²) < 4.78 is 5.11. The van der Waals surface area contributed by atoms with E-state index in [9.17, 15) is 5.26 Å². The van der Waals surface area contributed by atoms with Crippen LogP contribution in [0.4, 0.5) is 0 Å². The van der Waals surface area contributed by atoms with Gasteiger partial charge in [0.25, 0.3) is 0 Å². The molecule has 19 heavy (non-hydrogen) atoms. The zero-order valence-electron chi connectivity index (χ0n) is 11.1. The summed E-state index contributed by atoms with van der Waals surface area (Å²) in [5.74, 6) is 0.788. The van der Waals surface area contributed by atoms with Crippen LogP contribution in [0.5, 0.6) is 5.75 Å². The number of ether oxygens (including phenoxy) is 1. The van der Waals surface area contributed by atoms with E-state index >= 15 is 0 Å². The van der Waals surface area contributed by atoms with Crippen molar-refractivity contribution in [1.82, 2.24) is 0 Å². The quantitative estimate of drug-likeness (QED) is 0.607. The Kier molecular flexibility index (Phi) is 4.00. The number of aryl methyl sites for hydroxylation is 1. The SMILES string of the molecule is COc1ccc(C(C#N)=Cc2ccc(C)cc2)cc1. The molecule has 2 rings (SSSR count). The van der Waals surface area contributed by atoms with Crippen molar-refractivity contribution in [3.05, 3.63) is 65.2 Å². The fourth-order valence-corrected chi connectivity index (χ4v) is 1.78. The number of benzene rings is 2. The third-order valence-corrected chi connectivity index (χ3v) is 2.91. The minimum absolute atomic E-state index is 0.645. The zero-order valence-corrected chi connectivity index (χ0v) is 11.1. The second-order valence-corrected chi connectivity index (χ2v) is 4.31. The molecule has 94 valence electrons. The second kappa shape index (κ2) is 5.88. The molecule has 2 heteroatoms. The Balaban J connectivity index is 2.33. The van der Waals surface area contributed by atoms with Gasteiger partial charge in [-0.3, -0.25) is 0 Å². The van der Waals surface area contributed by atoms with Crippen molar-refractivity contribution < 1.29 is 4.74 Å². The van der Waals surface area contributed by atoms with E-state index in [2.05, 4.69) is 6.07 Å². The molecule has 0 N–H and O–H groups in total. The third kappa shape index (κ3) is 3.23. The van der Waals surface area contributed by atoms with E-state index < -0.39 is 0 Å². The number of allylic oxidation sites excluding steroid dienone is 1. The van der Waals surface area contributed by atoms with Crippen molar-refractivity contribution in [3.63, 3.8) is 0 Å². The summed E-state index contributed by atoms with van der Waals surface area (Å²) in [5.41, 5.74) is 3.77. The van der Waals surface area contributed by atoms with Crippen LogP contribution in [0.15, 0.2) is 48.5 Å². The van der Waals surface area contributed by atoms with Crippen LogP contribution in [0.25, 0.3) is 11.6 Å². The number of hydrogen-bond donors (Lipinski definition) is 0. The van der Waals surface area contributed by atoms with Crippen LogP contribution in [0.1, 0.15) is 16.7 Å². The van der Waals surface area contributed by atoms with Gasteiger partial charge in [0, 0.05) is 0 Å². The molecular formula is C17H15NO. The molecule has 0 aliphatic rings. The lowest BCUT2D eigenvalue weighted by Gasteiger charge is -2.02. The van der Waals surface area contributed by atoms with Crippen LogP contribution in [-0.4, -0.2) is 7.11 Å². The molecule has 0 spiro atoms. The summed E-state index contributed by atoms with van der Waals surface area (Å²) in [5, 5.41) is 9.27. The molecule has 2 nitrogen and oxygen atoms in total. The Morgan fingerprint density at radius 1 is 1.05 bits per heavy atom. The van der Waals surface area contributed by atoms with Gasteiger partial charge in [0.05, 0.1) is 18.8 Å². The molecule has 0 aromatic heterocycles. The Labute approximate surface area is 113 Å². The predicted octanol–water partition coefficient (Wildman–Crippen LogP) is 4.07. The van der Waals surface area contributed by atoms with Crippen molar-refractivity contribution in [2.75, 3.05) is 7.11 Å². The van der Waals surface area contributed by atoms with E-state index in [1.165, 1.54) is 5.56 Å². The highest BCUT2D eigenvalue weighted by Gasteiger charge is 2.01. The van der Waals surface area contributed by atoms with Gasteiger partial charge in [-0.25, -0.2) is 0 Å². The van der Waals surface area contributed by atoms with Gasteiger partial charge >= 0.3 is 0 Å². The number of methoxy groups -OCH3 is 1. The molecule has 0 amide bonds. The van der Waals surface area contributed by atoms with Gasteiger partial charge in [-0.05, 0) is 48.4 Å². The first kappa shape index (κ1) is 12.9. The van der Waals surface area contributed by atoms with Crippen LogP contribution < -0.4 is 4.74 Å². The van der Waals surface area contributed by atoms with E-state index in [0.29, 0.717) is 5.57 Å². The topological polar surface area (TPSA) is 33.0 Å². The molecule has 0 unspecified atom stereocenters. The maximum Gasteiger partial charge on any atom is 0.118 e. The minimum Gasteiger partial charge on any atom is -0.497 e.